The van der Waals surface area contributed by atoms with Gasteiger partial charge < -0.3 is 10.2 Å². The maximum atomic E-state index is 12.9. The Labute approximate surface area is 140 Å². The second-order valence-corrected chi connectivity index (χ2v) is 7.82. The second-order valence-electron chi connectivity index (χ2n) is 6.62. The van der Waals surface area contributed by atoms with Crippen molar-refractivity contribution in [2.75, 3.05) is 33.2 Å². The number of aromatic nitrogens is 1. The minimum atomic E-state index is -0.0965. The predicted molar refractivity (Wildman–Crippen MR) is 89.7 cm³/mol. The van der Waals surface area contributed by atoms with Crippen molar-refractivity contribution in [2.24, 2.45) is 0 Å². The molecule has 0 saturated carbocycles. The number of nitrogens with zero attached hydrogens (tertiary/aromatic N) is 3. The Morgan fingerprint density at radius 3 is 2.78 bits per heavy atom. The van der Waals surface area contributed by atoms with Crippen LogP contribution in [0.5, 0.6) is 0 Å². The molecule has 2 amide bonds. The first-order chi connectivity index (χ1) is 10.9. The first-order valence-electron chi connectivity index (χ1n) is 8.12. The van der Waals surface area contributed by atoms with Crippen LogP contribution in [-0.2, 0) is 4.79 Å². The van der Waals surface area contributed by atoms with Gasteiger partial charge in [-0.2, -0.15) is 0 Å². The number of thiazole rings is 1. The number of nitrogens with one attached hydrogen (secondary N) is 1. The van der Waals surface area contributed by atoms with Crippen LogP contribution in [0, 0.1) is 13.8 Å². The Morgan fingerprint density at radius 1 is 1.30 bits per heavy atom. The lowest BCUT2D eigenvalue weighted by Crippen LogP contribution is -2.62. The van der Waals surface area contributed by atoms with Gasteiger partial charge in [0.15, 0.2) is 0 Å². The van der Waals surface area contributed by atoms with Crippen LogP contribution in [0.15, 0.2) is 0 Å². The largest absolute Gasteiger partial charge is 0.356 e. The monoisotopic (exact) mass is 336 g/mol. The van der Waals surface area contributed by atoms with E-state index in [1.165, 1.54) is 11.3 Å². The predicted octanol–water partition coefficient (Wildman–Crippen LogP) is 1.19. The van der Waals surface area contributed by atoms with E-state index < -0.39 is 0 Å². The molecule has 0 radical (unpaired) electrons. The number of likely N-dealkylation sites (N-methyl/N-ethyl adjacent to an activating group) is 1. The van der Waals surface area contributed by atoms with Crippen LogP contribution in [0.4, 0.5) is 0 Å². The molecule has 0 aliphatic carbocycles. The maximum absolute atomic E-state index is 12.9. The fraction of sp³-hybridized carbons (Fsp3) is 0.688. The number of hydrogen-bond donors (Lipinski definition) is 1. The van der Waals surface area contributed by atoms with Crippen LogP contribution in [-0.4, -0.2) is 65.4 Å². The van der Waals surface area contributed by atoms with Crippen LogP contribution in [0.25, 0.3) is 0 Å². The van der Waals surface area contributed by atoms with Crippen molar-refractivity contribution in [1.29, 1.82) is 0 Å². The van der Waals surface area contributed by atoms with E-state index in [0.29, 0.717) is 19.5 Å². The maximum Gasteiger partial charge on any atom is 0.265 e. The smallest absolute Gasteiger partial charge is 0.265 e. The van der Waals surface area contributed by atoms with E-state index in [1.807, 2.05) is 18.7 Å². The Balaban J connectivity index is 1.81. The SMILES string of the molecule is Cc1nc(C)c(C(=O)N2CCN(C)[C@]3(CCNC(=O)CC3)C2)s1. The van der Waals surface area contributed by atoms with Gasteiger partial charge in [0, 0.05) is 38.1 Å². The molecule has 1 aromatic heterocycles. The van der Waals surface area contributed by atoms with Crippen LogP contribution >= 0.6 is 11.3 Å². The average Bonchev–Trinajstić information content (AvgIpc) is 2.73. The van der Waals surface area contributed by atoms with E-state index in [4.69, 9.17) is 0 Å². The lowest BCUT2D eigenvalue weighted by Gasteiger charge is -2.49. The minimum Gasteiger partial charge on any atom is -0.356 e. The summed E-state index contributed by atoms with van der Waals surface area (Å²) in [5.41, 5.74) is 0.726. The molecule has 7 heteroatoms. The number of carbonyl (C=O) groups excluding carboxylic acids is 2. The zero-order valence-corrected chi connectivity index (χ0v) is 14.8. The molecule has 2 aliphatic rings. The zero-order chi connectivity index (χ0) is 16.6. The van der Waals surface area contributed by atoms with Crippen molar-refractivity contribution in [3.05, 3.63) is 15.6 Å². The molecular weight excluding hydrogens is 312 g/mol. The summed E-state index contributed by atoms with van der Waals surface area (Å²) in [6.45, 7) is 6.78. The fourth-order valence-corrected chi connectivity index (χ4v) is 4.53. The van der Waals surface area contributed by atoms with E-state index in [0.717, 1.165) is 41.5 Å². The van der Waals surface area contributed by atoms with Gasteiger partial charge in [-0.1, -0.05) is 0 Å². The number of carbonyl (C=O) groups is 2. The Bertz CT molecular complexity index is 630. The Hall–Kier alpha value is -1.47. The molecule has 3 heterocycles. The zero-order valence-electron chi connectivity index (χ0n) is 14.0. The van der Waals surface area contributed by atoms with Crippen LogP contribution < -0.4 is 5.32 Å². The molecule has 1 spiro atoms. The fourth-order valence-electron chi connectivity index (χ4n) is 3.64. The van der Waals surface area contributed by atoms with E-state index in [-0.39, 0.29) is 17.4 Å². The first-order valence-corrected chi connectivity index (χ1v) is 8.94. The molecule has 1 N–H and O–H groups in total. The third-order valence-electron chi connectivity index (χ3n) is 5.12. The number of piperazine rings is 1. The normalized spacial score (nSPS) is 26.2. The lowest BCUT2D eigenvalue weighted by atomic mass is 9.86. The van der Waals surface area contributed by atoms with Crippen LogP contribution in [0.3, 0.4) is 0 Å². The van der Waals surface area contributed by atoms with Crippen molar-refractivity contribution >= 4 is 23.2 Å². The summed E-state index contributed by atoms with van der Waals surface area (Å²) in [5, 5.41) is 3.88. The highest BCUT2D eigenvalue weighted by molar-refractivity contribution is 7.13. The van der Waals surface area contributed by atoms with Gasteiger partial charge in [-0.3, -0.25) is 14.5 Å². The molecule has 126 valence electrons. The molecule has 2 fully saturated rings. The van der Waals surface area contributed by atoms with Gasteiger partial charge >= 0.3 is 0 Å². The summed E-state index contributed by atoms with van der Waals surface area (Å²) in [4.78, 5) is 34.0. The van der Waals surface area contributed by atoms with Gasteiger partial charge in [0.2, 0.25) is 5.91 Å². The molecule has 1 atom stereocenters. The molecule has 0 bridgehead atoms. The second kappa shape index (κ2) is 6.20. The number of hydrogen-bond acceptors (Lipinski definition) is 5. The van der Waals surface area contributed by atoms with Crippen LogP contribution in [0.2, 0.25) is 0 Å². The molecular formula is C16H24N4O2S. The van der Waals surface area contributed by atoms with Crippen LogP contribution in [0.1, 0.15) is 39.6 Å². The van der Waals surface area contributed by atoms with E-state index >= 15 is 0 Å². The summed E-state index contributed by atoms with van der Waals surface area (Å²) >= 11 is 1.47. The summed E-state index contributed by atoms with van der Waals surface area (Å²) in [7, 11) is 2.11. The van der Waals surface area contributed by atoms with E-state index in [1.54, 1.807) is 0 Å². The van der Waals surface area contributed by atoms with Gasteiger partial charge in [-0.25, -0.2) is 4.98 Å². The van der Waals surface area contributed by atoms with Gasteiger partial charge in [-0.15, -0.1) is 11.3 Å². The molecule has 0 unspecified atom stereocenters. The standard InChI is InChI=1S/C16H24N4O2S/c1-11-14(23-12(2)18-11)15(22)20-9-8-19(3)16(10-20)5-4-13(21)17-7-6-16/h4-10H2,1-3H3,(H,17,21)/t16-/m1/s1. The topological polar surface area (TPSA) is 65.5 Å². The molecule has 1 aromatic rings. The van der Waals surface area contributed by atoms with Crippen molar-refractivity contribution in [1.82, 2.24) is 20.1 Å². The molecule has 3 rings (SSSR count). The third-order valence-corrected chi connectivity index (χ3v) is 6.18. The number of aryl methyl sites for hydroxylation is 2. The molecule has 2 saturated heterocycles. The van der Waals surface area contributed by atoms with Gasteiger partial charge in [0.1, 0.15) is 4.88 Å². The highest BCUT2D eigenvalue weighted by atomic mass is 32.1. The van der Waals surface area contributed by atoms with Crippen molar-refractivity contribution < 1.29 is 9.59 Å². The number of rotatable bonds is 1. The average molecular weight is 336 g/mol. The van der Waals surface area contributed by atoms with Gasteiger partial charge in [0.25, 0.3) is 5.91 Å². The minimum absolute atomic E-state index is 0.0871. The number of amides is 2. The van der Waals surface area contributed by atoms with Crippen molar-refractivity contribution in [3.8, 4) is 0 Å². The Morgan fingerprint density at radius 2 is 2.09 bits per heavy atom. The first kappa shape index (κ1) is 16.4. The Kier molecular flexibility index (Phi) is 4.42. The summed E-state index contributed by atoms with van der Waals surface area (Å²) < 4.78 is 0. The summed E-state index contributed by atoms with van der Waals surface area (Å²) in [6.07, 6.45) is 2.23. The summed E-state index contributed by atoms with van der Waals surface area (Å²) in [6, 6.07) is 0. The third kappa shape index (κ3) is 3.12. The van der Waals surface area contributed by atoms with Crippen molar-refractivity contribution in [3.63, 3.8) is 0 Å². The lowest BCUT2D eigenvalue weighted by molar-refractivity contribution is -0.121. The quantitative estimate of drug-likeness (QED) is 0.836. The van der Waals surface area contributed by atoms with Gasteiger partial charge in [0.05, 0.1) is 10.7 Å². The van der Waals surface area contributed by atoms with E-state index in [2.05, 4.69) is 22.2 Å². The summed E-state index contributed by atoms with van der Waals surface area (Å²) in [5.74, 6) is 0.205. The molecule has 0 aromatic carbocycles. The van der Waals surface area contributed by atoms with E-state index in [9.17, 15) is 9.59 Å². The van der Waals surface area contributed by atoms with Crippen molar-refractivity contribution in [2.45, 2.75) is 38.6 Å². The highest BCUT2D eigenvalue weighted by Gasteiger charge is 2.42. The van der Waals surface area contributed by atoms with Gasteiger partial charge in [-0.05, 0) is 33.7 Å². The molecule has 23 heavy (non-hydrogen) atoms. The highest BCUT2D eigenvalue weighted by Crippen LogP contribution is 2.31. The molecule has 6 nitrogen and oxygen atoms in total. The molecule has 2 aliphatic heterocycles.